The number of hydrogen-bond donors (Lipinski definition) is 1. The number of benzene rings is 1. The molecule has 3 nitrogen and oxygen atoms in total. The summed E-state index contributed by atoms with van der Waals surface area (Å²) in [6, 6.07) is 6.16. The molecule has 2 rings (SSSR count). The summed E-state index contributed by atoms with van der Waals surface area (Å²) in [5, 5.41) is 0. The Morgan fingerprint density at radius 1 is 1.05 bits per heavy atom. The van der Waals surface area contributed by atoms with Crippen molar-refractivity contribution in [1.29, 1.82) is 0 Å². The Bertz CT molecular complexity index is 470. The van der Waals surface area contributed by atoms with Gasteiger partial charge in [-0.3, -0.25) is 0 Å². The highest BCUT2D eigenvalue weighted by molar-refractivity contribution is 5.46. The third-order valence-electron chi connectivity index (χ3n) is 4.64. The maximum Gasteiger partial charge on any atom is 0.161 e. The predicted molar refractivity (Wildman–Crippen MR) is 82.3 cm³/mol. The van der Waals surface area contributed by atoms with E-state index in [1.165, 1.54) is 12.8 Å². The Kier molecular flexibility index (Phi) is 4.28. The van der Waals surface area contributed by atoms with E-state index in [2.05, 4.69) is 26.0 Å². The largest absolute Gasteiger partial charge is 0.490 e. The molecule has 112 valence electrons. The van der Waals surface area contributed by atoms with Gasteiger partial charge in [0, 0.05) is 5.54 Å². The van der Waals surface area contributed by atoms with Crippen molar-refractivity contribution in [3.05, 3.63) is 23.8 Å². The average molecular weight is 277 g/mol. The van der Waals surface area contributed by atoms with Crippen LogP contribution in [0.15, 0.2) is 18.2 Å². The predicted octanol–water partition coefficient (Wildman–Crippen LogP) is 3.85. The molecule has 0 spiro atoms. The zero-order valence-electron chi connectivity index (χ0n) is 13.2. The van der Waals surface area contributed by atoms with Crippen LogP contribution in [-0.4, -0.2) is 13.2 Å². The van der Waals surface area contributed by atoms with Gasteiger partial charge >= 0.3 is 0 Å². The second-order valence-electron chi connectivity index (χ2n) is 6.24. The summed E-state index contributed by atoms with van der Waals surface area (Å²) in [5.41, 5.74) is 7.75. The Labute approximate surface area is 122 Å². The third-order valence-corrected chi connectivity index (χ3v) is 4.64. The molecule has 0 bridgehead atoms. The molecule has 0 aliphatic heterocycles. The summed E-state index contributed by atoms with van der Waals surface area (Å²) < 4.78 is 11.3. The van der Waals surface area contributed by atoms with Crippen molar-refractivity contribution < 1.29 is 9.47 Å². The van der Waals surface area contributed by atoms with Crippen LogP contribution in [0.4, 0.5) is 0 Å². The van der Waals surface area contributed by atoms with E-state index in [1.54, 1.807) is 0 Å². The number of rotatable bonds is 5. The fourth-order valence-electron chi connectivity index (χ4n) is 3.23. The minimum absolute atomic E-state index is 0.115. The SMILES string of the molecule is CCOc1ccc(C2(N)CCCC2(C)C)cc1OCC. The molecule has 1 atom stereocenters. The highest BCUT2D eigenvalue weighted by atomic mass is 16.5. The fourth-order valence-corrected chi connectivity index (χ4v) is 3.23. The van der Waals surface area contributed by atoms with Crippen LogP contribution in [0.3, 0.4) is 0 Å². The van der Waals surface area contributed by atoms with Crippen LogP contribution in [0.2, 0.25) is 0 Å². The normalized spacial score (nSPS) is 24.6. The Morgan fingerprint density at radius 2 is 1.70 bits per heavy atom. The first-order chi connectivity index (χ1) is 9.44. The molecule has 0 radical (unpaired) electrons. The first kappa shape index (κ1) is 15.2. The van der Waals surface area contributed by atoms with Gasteiger partial charge in [0.05, 0.1) is 13.2 Å². The van der Waals surface area contributed by atoms with Crippen LogP contribution in [0.1, 0.15) is 52.5 Å². The van der Waals surface area contributed by atoms with Crippen molar-refractivity contribution in [2.24, 2.45) is 11.1 Å². The summed E-state index contributed by atoms with van der Waals surface area (Å²) in [6.07, 6.45) is 3.38. The standard InChI is InChI=1S/C17H27NO2/c1-5-19-14-9-8-13(12-15(14)20-6-2)17(18)11-7-10-16(17,3)4/h8-9,12H,5-7,10-11,18H2,1-4H3. The van der Waals surface area contributed by atoms with Gasteiger partial charge < -0.3 is 15.2 Å². The molecule has 2 N–H and O–H groups in total. The van der Waals surface area contributed by atoms with Crippen LogP contribution < -0.4 is 15.2 Å². The lowest BCUT2D eigenvalue weighted by Gasteiger charge is -2.39. The summed E-state index contributed by atoms with van der Waals surface area (Å²) >= 11 is 0. The first-order valence-electron chi connectivity index (χ1n) is 7.63. The van der Waals surface area contributed by atoms with Crippen LogP contribution in [0, 0.1) is 5.41 Å². The van der Waals surface area contributed by atoms with Gasteiger partial charge in [-0.1, -0.05) is 26.3 Å². The van der Waals surface area contributed by atoms with Crippen molar-refractivity contribution in [3.8, 4) is 11.5 Å². The third kappa shape index (κ3) is 2.51. The Morgan fingerprint density at radius 3 is 2.25 bits per heavy atom. The van der Waals surface area contributed by atoms with E-state index >= 15 is 0 Å². The van der Waals surface area contributed by atoms with Gasteiger partial charge in [-0.15, -0.1) is 0 Å². The van der Waals surface area contributed by atoms with Gasteiger partial charge in [0.25, 0.3) is 0 Å². The van der Waals surface area contributed by atoms with Gasteiger partial charge in [-0.25, -0.2) is 0 Å². The molecular formula is C17H27NO2. The lowest BCUT2D eigenvalue weighted by Crippen LogP contribution is -2.45. The van der Waals surface area contributed by atoms with E-state index in [1.807, 2.05) is 19.9 Å². The van der Waals surface area contributed by atoms with E-state index < -0.39 is 0 Å². The average Bonchev–Trinajstić information content (AvgIpc) is 2.67. The maximum atomic E-state index is 6.75. The molecule has 20 heavy (non-hydrogen) atoms. The molecule has 1 saturated carbocycles. The van der Waals surface area contributed by atoms with E-state index in [4.69, 9.17) is 15.2 Å². The summed E-state index contributed by atoms with van der Waals surface area (Å²) in [6.45, 7) is 9.76. The zero-order valence-corrected chi connectivity index (χ0v) is 13.2. The summed E-state index contributed by atoms with van der Waals surface area (Å²) in [7, 11) is 0. The molecule has 1 aromatic carbocycles. The molecule has 0 heterocycles. The summed E-state index contributed by atoms with van der Waals surface area (Å²) in [5.74, 6) is 1.61. The van der Waals surface area contributed by atoms with Gasteiger partial charge in [-0.2, -0.15) is 0 Å². The molecule has 1 fully saturated rings. The van der Waals surface area contributed by atoms with E-state index in [-0.39, 0.29) is 11.0 Å². The molecule has 1 aliphatic carbocycles. The molecular weight excluding hydrogens is 250 g/mol. The van der Waals surface area contributed by atoms with Gasteiger partial charge in [0.2, 0.25) is 0 Å². The minimum Gasteiger partial charge on any atom is -0.490 e. The molecule has 3 heteroatoms. The second kappa shape index (κ2) is 5.65. The number of hydrogen-bond acceptors (Lipinski definition) is 3. The van der Waals surface area contributed by atoms with Crippen molar-refractivity contribution in [2.75, 3.05) is 13.2 Å². The first-order valence-corrected chi connectivity index (χ1v) is 7.63. The van der Waals surface area contributed by atoms with Crippen molar-refractivity contribution in [2.45, 2.75) is 52.5 Å². The van der Waals surface area contributed by atoms with E-state index in [9.17, 15) is 0 Å². The molecule has 1 unspecified atom stereocenters. The lowest BCUT2D eigenvalue weighted by atomic mass is 9.71. The Balaban J connectivity index is 2.40. The lowest BCUT2D eigenvalue weighted by molar-refractivity contribution is 0.208. The number of ether oxygens (including phenoxy) is 2. The number of nitrogens with two attached hydrogens (primary N) is 1. The van der Waals surface area contributed by atoms with Crippen LogP contribution in [0.5, 0.6) is 11.5 Å². The highest BCUT2D eigenvalue weighted by Crippen LogP contribution is 2.51. The molecule has 0 saturated heterocycles. The maximum absolute atomic E-state index is 6.75. The topological polar surface area (TPSA) is 44.5 Å². The van der Waals surface area contributed by atoms with E-state index in [0.29, 0.717) is 13.2 Å². The molecule has 1 aromatic rings. The highest BCUT2D eigenvalue weighted by Gasteiger charge is 2.47. The van der Waals surface area contributed by atoms with Crippen molar-refractivity contribution in [3.63, 3.8) is 0 Å². The van der Waals surface area contributed by atoms with Gasteiger partial charge in [-0.05, 0) is 49.8 Å². The monoisotopic (exact) mass is 277 g/mol. The van der Waals surface area contributed by atoms with Crippen molar-refractivity contribution in [1.82, 2.24) is 0 Å². The van der Waals surface area contributed by atoms with Gasteiger partial charge in [0.1, 0.15) is 0 Å². The van der Waals surface area contributed by atoms with Crippen LogP contribution in [-0.2, 0) is 5.54 Å². The minimum atomic E-state index is -0.274. The van der Waals surface area contributed by atoms with Gasteiger partial charge in [0.15, 0.2) is 11.5 Å². The molecule has 0 amide bonds. The molecule has 1 aliphatic rings. The smallest absolute Gasteiger partial charge is 0.161 e. The molecule has 0 aromatic heterocycles. The Hall–Kier alpha value is -1.22. The van der Waals surface area contributed by atoms with Crippen LogP contribution >= 0.6 is 0 Å². The quantitative estimate of drug-likeness (QED) is 0.889. The second-order valence-corrected chi connectivity index (χ2v) is 6.24. The zero-order chi connectivity index (χ0) is 14.8. The van der Waals surface area contributed by atoms with E-state index in [0.717, 1.165) is 23.5 Å². The fraction of sp³-hybridized carbons (Fsp3) is 0.647. The van der Waals surface area contributed by atoms with Crippen LogP contribution in [0.25, 0.3) is 0 Å². The summed E-state index contributed by atoms with van der Waals surface area (Å²) in [4.78, 5) is 0. The van der Waals surface area contributed by atoms with Crippen molar-refractivity contribution >= 4 is 0 Å².